The van der Waals surface area contributed by atoms with Gasteiger partial charge in [0.05, 0.1) is 19.0 Å². The molecule has 1 aromatic heterocycles. The van der Waals surface area contributed by atoms with E-state index in [4.69, 9.17) is 0 Å². The van der Waals surface area contributed by atoms with Gasteiger partial charge in [-0.15, -0.1) is 0 Å². The lowest BCUT2D eigenvalue weighted by Gasteiger charge is -2.07. The molecular weight excluding hydrogens is 340 g/mol. The van der Waals surface area contributed by atoms with E-state index in [1.54, 1.807) is 0 Å². The van der Waals surface area contributed by atoms with E-state index in [1.807, 2.05) is 0 Å². The molecule has 0 atom stereocenters. The maximum absolute atomic E-state index is 2.50. The Hall–Kier alpha value is -0.790. The predicted molar refractivity (Wildman–Crippen MR) is 124 cm³/mol. The fourth-order valence-corrected chi connectivity index (χ4v) is 4.41. The molecule has 0 fully saturated rings. The maximum Gasteiger partial charge on any atom is 0.258 e. The van der Waals surface area contributed by atoms with Crippen LogP contribution in [0.1, 0.15) is 142 Å². The Labute approximate surface area is 177 Å². The molecule has 0 aliphatic heterocycles. The van der Waals surface area contributed by atoms with E-state index in [0.29, 0.717) is 5.92 Å². The highest BCUT2D eigenvalue weighted by molar-refractivity contribution is 4.89. The third-order valence-corrected chi connectivity index (χ3v) is 6.00. The molecule has 0 aliphatic carbocycles. The van der Waals surface area contributed by atoms with Gasteiger partial charge in [-0.2, -0.15) is 0 Å². The number of unbranched alkanes of at least 4 members (excludes halogenated alkanes) is 14. The molecule has 1 heterocycles. The first kappa shape index (κ1) is 25.2. The van der Waals surface area contributed by atoms with Gasteiger partial charge in [0.1, 0.15) is 12.4 Å². The molecule has 0 aliphatic rings. The highest BCUT2D eigenvalue weighted by Crippen LogP contribution is 2.15. The Balaban J connectivity index is 1.96. The standard InChI is InChI=1S/C26H51N2/c1-5-7-8-9-10-11-12-13-14-15-16-17-18-19-20-22-28-24-23-27(21-6-2)26(28)25(3)4/h23-25H,5-22H2,1-4H3/q+1. The van der Waals surface area contributed by atoms with E-state index in [9.17, 15) is 0 Å². The van der Waals surface area contributed by atoms with E-state index >= 15 is 0 Å². The largest absolute Gasteiger partial charge is 0.258 e. The molecule has 0 saturated heterocycles. The van der Waals surface area contributed by atoms with Crippen LogP contribution in [0.25, 0.3) is 0 Å². The Morgan fingerprint density at radius 3 is 1.57 bits per heavy atom. The van der Waals surface area contributed by atoms with E-state index in [2.05, 4.69) is 49.2 Å². The van der Waals surface area contributed by atoms with Crippen LogP contribution in [0.2, 0.25) is 0 Å². The van der Waals surface area contributed by atoms with Crippen molar-refractivity contribution >= 4 is 0 Å². The lowest BCUT2D eigenvalue weighted by Crippen LogP contribution is -2.37. The summed E-state index contributed by atoms with van der Waals surface area (Å²) in [6.07, 6.45) is 27.4. The van der Waals surface area contributed by atoms with Crippen LogP contribution in [0, 0.1) is 0 Å². The van der Waals surface area contributed by atoms with Crippen molar-refractivity contribution in [2.45, 2.75) is 149 Å². The highest BCUT2D eigenvalue weighted by Gasteiger charge is 2.19. The van der Waals surface area contributed by atoms with Crippen LogP contribution in [-0.4, -0.2) is 4.57 Å². The van der Waals surface area contributed by atoms with E-state index in [1.165, 1.54) is 115 Å². The first-order chi connectivity index (χ1) is 13.7. The lowest BCUT2D eigenvalue weighted by molar-refractivity contribution is -0.704. The minimum absolute atomic E-state index is 0.609. The van der Waals surface area contributed by atoms with E-state index < -0.39 is 0 Å². The molecule has 28 heavy (non-hydrogen) atoms. The summed E-state index contributed by atoms with van der Waals surface area (Å²) in [6, 6.07) is 0. The maximum atomic E-state index is 2.50. The van der Waals surface area contributed by atoms with Gasteiger partial charge in [-0.05, 0) is 19.3 Å². The van der Waals surface area contributed by atoms with Gasteiger partial charge in [-0.25, -0.2) is 9.13 Å². The van der Waals surface area contributed by atoms with E-state index in [0.717, 1.165) is 6.54 Å². The van der Waals surface area contributed by atoms with Crippen molar-refractivity contribution in [2.24, 2.45) is 0 Å². The second-order valence-electron chi connectivity index (χ2n) is 9.15. The molecule has 0 aromatic carbocycles. The summed E-state index contributed by atoms with van der Waals surface area (Å²) < 4.78 is 4.96. The number of aromatic nitrogens is 2. The Morgan fingerprint density at radius 1 is 0.679 bits per heavy atom. The molecule has 0 amide bonds. The summed E-state index contributed by atoms with van der Waals surface area (Å²) >= 11 is 0. The fraction of sp³-hybridized carbons (Fsp3) is 0.885. The van der Waals surface area contributed by atoms with E-state index in [-0.39, 0.29) is 0 Å². The molecule has 0 saturated carbocycles. The third-order valence-electron chi connectivity index (χ3n) is 6.00. The van der Waals surface area contributed by atoms with Gasteiger partial charge < -0.3 is 0 Å². The lowest BCUT2D eigenvalue weighted by atomic mass is 10.0. The average molecular weight is 392 g/mol. The summed E-state index contributed by atoms with van der Waals surface area (Å²) in [7, 11) is 0. The first-order valence-corrected chi connectivity index (χ1v) is 12.8. The minimum Gasteiger partial charge on any atom is -0.234 e. The fourth-order valence-electron chi connectivity index (χ4n) is 4.41. The number of hydrogen-bond donors (Lipinski definition) is 0. The number of hydrogen-bond acceptors (Lipinski definition) is 0. The van der Waals surface area contributed by atoms with Crippen molar-refractivity contribution < 1.29 is 4.57 Å². The molecule has 2 nitrogen and oxygen atoms in total. The van der Waals surface area contributed by atoms with Gasteiger partial charge in [0, 0.05) is 0 Å². The molecule has 0 spiro atoms. The van der Waals surface area contributed by atoms with Crippen molar-refractivity contribution in [1.29, 1.82) is 0 Å². The molecule has 164 valence electrons. The van der Waals surface area contributed by atoms with Crippen LogP contribution < -0.4 is 4.57 Å². The number of aryl methyl sites for hydroxylation is 2. The second-order valence-corrected chi connectivity index (χ2v) is 9.15. The summed E-state index contributed by atoms with van der Waals surface area (Å²) in [4.78, 5) is 0. The first-order valence-electron chi connectivity index (χ1n) is 12.8. The minimum atomic E-state index is 0.609. The summed E-state index contributed by atoms with van der Waals surface area (Å²) in [5.74, 6) is 2.12. The van der Waals surface area contributed by atoms with Crippen LogP contribution in [-0.2, 0) is 13.1 Å². The predicted octanol–water partition coefficient (Wildman–Crippen LogP) is 8.18. The normalized spacial score (nSPS) is 11.6. The van der Waals surface area contributed by atoms with Crippen molar-refractivity contribution in [3.8, 4) is 0 Å². The molecule has 0 bridgehead atoms. The van der Waals surface area contributed by atoms with Crippen LogP contribution in [0.5, 0.6) is 0 Å². The molecular formula is C26H51N2+. The second kappa shape index (κ2) is 17.1. The quantitative estimate of drug-likeness (QED) is 0.166. The number of imidazole rings is 1. The number of nitrogens with zero attached hydrogens (tertiary/aromatic N) is 2. The molecule has 2 heteroatoms. The van der Waals surface area contributed by atoms with Crippen LogP contribution in [0.15, 0.2) is 12.4 Å². The Bertz CT molecular complexity index is 461. The SMILES string of the molecule is CCCCCCCCCCCCCCCCCn1cc[n+](CCC)c1C(C)C. The van der Waals surface area contributed by atoms with Gasteiger partial charge in [0.2, 0.25) is 0 Å². The molecule has 0 N–H and O–H groups in total. The van der Waals surface area contributed by atoms with Crippen LogP contribution in [0.3, 0.4) is 0 Å². The zero-order valence-corrected chi connectivity index (χ0v) is 19.9. The Morgan fingerprint density at radius 2 is 1.14 bits per heavy atom. The molecule has 0 radical (unpaired) electrons. The van der Waals surface area contributed by atoms with Crippen molar-refractivity contribution in [3.05, 3.63) is 18.2 Å². The van der Waals surface area contributed by atoms with Crippen molar-refractivity contribution in [1.82, 2.24) is 4.57 Å². The van der Waals surface area contributed by atoms with Gasteiger partial charge in [-0.3, -0.25) is 0 Å². The van der Waals surface area contributed by atoms with Crippen LogP contribution in [0.4, 0.5) is 0 Å². The average Bonchev–Trinajstić information content (AvgIpc) is 3.08. The molecule has 0 unspecified atom stereocenters. The van der Waals surface area contributed by atoms with Gasteiger partial charge >= 0.3 is 0 Å². The summed E-state index contributed by atoms with van der Waals surface area (Å²) in [5.41, 5.74) is 0. The van der Waals surface area contributed by atoms with Crippen molar-refractivity contribution in [3.63, 3.8) is 0 Å². The smallest absolute Gasteiger partial charge is 0.234 e. The van der Waals surface area contributed by atoms with Gasteiger partial charge in [0.15, 0.2) is 0 Å². The zero-order chi connectivity index (χ0) is 20.5. The van der Waals surface area contributed by atoms with Crippen LogP contribution >= 0.6 is 0 Å². The van der Waals surface area contributed by atoms with Gasteiger partial charge in [0.25, 0.3) is 5.82 Å². The monoisotopic (exact) mass is 391 g/mol. The molecule has 1 aromatic rings. The summed E-state index contributed by atoms with van der Waals surface area (Å²) in [6.45, 7) is 11.6. The zero-order valence-electron chi connectivity index (χ0n) is 19.9. The Kier molecular flexibility index (Phi) is 15.4. The van der Waals surface area contributed by atoms with Gasteiger partial charge in [-0.1, -0.05) is 111 Å². The van der Waals surface area contributed by atoms with Crippen molar-refractivity contribution in [2.75, 3.05) is 0 Å². The highest BCUT2D eigenvalue weighted by atomic mass is 15.1. The number of rotatable bonds is 19. The third kappa shape index (κ3) is 11.3. The topological polar surface area (TPSA) is 8.81 Å². The summed E-state index contributed by atoms with van der Waals surface area (Å²) in [5, 5.41) is 0. The molecule has 1 rings (SSSR count).